The second-order valence-electron chi connectivity index (χ2n) is 3.76. The van der Waals surface area contributed by atoms with Crippen molar-refractivity contribution >= 4 is 5.91 Å². The average molecular weight is 169 g/mol. The highest BCUT2D eigenvalue weighted by Gasteiger charge is 2.36. The van der Waals surface area contributed by atoms with Crippen molar-refractivity contribution in [1.82, 2.24) is 5.54 Å². The van der Waals surface area contributed by atoms with Gasteiger partial charge in [0.25, 0.3) is 0 Å². The highest BCUT2D eigenvalue weighted by atomic mass is 19.2. The van der Waals surface area contributed by atoms with Gasteiger partial charge in [-0.05, 0) is 30.6 Å². The molecule has 0 saturated heterocycles. The van der Waals surface area contributed by atoms with Crippen LogP contribution in [-0.4, -0.2) is 5.91 Å². The largest absolute Gasteiger partial charge is 0.273 e. The fourth-order valence-electron chi connectivity index (χ4n) is 2.41. The molecule has 0 heterocycles. The summed E-state index contributed by atoms with van der Waals surface area (Å²) in [6.07, 6.45) is 6.97. The van der Waals surface area contributed by atoms with E-state index in [2.05, 4.69) is 12.2 Å². The van der Waals surface area contributed by atoms with Crippen LogP contribution in [0.2, 0.25) is 0 Å². The van der Waals surface area contributed by atoms with Crippen molar-refractivity contribution in [3.05, 3.63) is 12.2 Å². The number of allylic oxidation sites excluding steroid dienone is 2. The molecule has 2 bridgehead atoms. The molecule has 1 N–H and O–H groups in total. The van der Waals surface area contributed by atoms with Gasteiger partial charge >= 0.3 is 0 Å². The molecule has 12 heavy (non-hydrogen) atoms. The summed E-state index contributed by atoms with van der Waals surface area (Å²) in [5.74, 6) is 1.11. The fraction of sp³-hybridized carbons (Fsp3) is 0.667. The van der Waals surface area contributed by atoms with Gasteiger partial charge in [-0.3, -0.25) is 4.79 Å². The van der Waals surface area contributed by atoms with Gasteiger partial charge in [-0.2, -0.15) is 5.54 Å². The highest BCUT2D eigenvalue weighted by molar-refractivity contribution is 5.75. The minimum atomic E-state index is -0.471. The van der Waals surface area contributed by atoms with E-state index in [1.807, 2.05) is 0 Å². The molecule has 3 atom stereocenters. The van der Waals surface area contributed by atoms with Gasteiger partial charge in [-0.25, -0.2) is 0 Å². The van der Waals surface area contributed by atoms with Gasteiger partial charge in [0, 0.05) is 6.42 Å². The first kappa shape index (κ1) is 7.77. The molecule has 2 nitrogen and oxygen atoms in total. The third-order valence-corrected chi connectivity index (χ3v) is 2.97. The van der Waals surface area contributed by atoms with Crippen LogP contribution in [0.1, 0.15) is 19.3 Å². The molecule has 1 saturated carbocycles. The Morgan fingerprint density at radius 1 is 1.50 bits per heavy atom. The summed E-state index contributed by atoms with van der Waals surface area (Å²) in [6, 6.07) is 0. The maximum absolute atomic E-state index is 11.7. The van der Waals surface area contributed by atoms with Gasteiger partial charge in [0.2, 0.25) is 5.91 Å². The SMILES string of the molecule is O=C(CC1CC2C=CC1C2)NF. The zero-order chi connectivity index (χ0) is 8.55. The Labute approximate surface area is 70.8 Å². The summed E-state index contributed by atoms with van der Waals surface area (Å²) in [5.41, 5.74) is 1.19. The zero-order valence-electron chi connectivity index (χ0n) is 6.79. The summed E-state index contributed by atoms with van der Waals surface area (Å²) in [7, 11) is 0. The smallest absolute Gasteiger partial charge is 0.247 e. The van der Waals surface area contributed by atoms with E-state index in [0.717, 1.165) is 6.42 Å². The lowest BCUT2D eigenvalue weighted by Crippen LogP contribution is -2.20. The van der Waals surface area contributed by atoms with E-state index in [0.29, 0.717) is 24.2 Å². The van der Waals surface area contributed by atoms with Gasteiger partial charge < -0.3 is 0 Å². The topological polar surface area (TPSA) is 29.1 Å². The van der Waals surface area contributed by atoms with Crippen LogP contribution in [0.4, 0.5) is 4.48 Å². The Balaban J connectivity index is 1.91. The lowest BCUT2D eigenvalue weighted by atomic mass is 9.90. The summed E-state index contributed by atoms with van der Waals surface area (Å²) in [4.78, 5) is 10.7. The zero-order valence-corrected chi connectivity index (χ0v) is 6.79. The third kappa shape index (κ3) is 1.24. The molecule has 66 valence electrons. The Morgan fingerprint density at radius 2 is 2.33 bits per heavy atom. The molecule has 2 rings (SSSR count). The standard InChI is InChI=1S/C9H12FNO/c10-11-9(12)5-8-4-6-1-2-7(8)3-6/h1-2,6-8H,3-5H2,(H,11,12). The number of hydrogen-bond acceptors (Lipinski definition) is 1. The van der Waals surface area contributed by atoms with Gasteiger partial charge in [0.1, 0.15) is 0 Å². The summed E-state index contributed by atoms with van der Waals surface area (Å²) in [6.45, 7) is 0. The minimum absolute atomic E-state index is 0.349. The number of nitrogens with one attached hydrogen (secondary N) is 1. The van der Waals surface area contributed by atoms with Crippen molar-refractivity contribution in [3.63, 3.8) is 0 Å². The number of fused-ring (bicyclic) bond motifs is 2. The molecule has 0 spiro atoms. The maximum atomic E-state index is 11.7. The van der Waals surface area contributed by atoms with E-state index in [4.69, 9.17) is 0 Å². The number of hydrogen-bond donors (Lipinski definition) is 1. The van der Waals surface area contributed by atoms with Crippen LogP contribution in [-0.2, 0) is 4.79 Å². The molecule has 1 amide bonds. The van der Waals surface area contributed by atoms with Crippen molar-refractivity contribution in [2.45, 2.75) is 19.3 Å². The molecule has 1 fully saturated rings. The number of carbonyl (C=O) groups is 1. The summed E-state index contributed by atoms with van der Waals surface area (Å²) >= 11 is 0. The first-order valence-corrected chi connectivity index (χ1v) is 4.37. The van der Waals surface area contributed by atoms with E-state index in [1.54, 1.807) is 0 Å². The van der Waals surface area contributed by atoms with Crippen LogP contribution >= 0.6 is 0 Å². The van der Waals surface area contributed by atoms with E-state index < -0.39 is 5.91 Å². The number of rotatable bonds is 2. The molecule has 0 aliphatic heterocycles. The molecule has 2 aliphatic carbocycles. The molecule has 0 aromatic rings. The van der Waals surface area contributed by atoms with Crippen molar-refractivity contribution < 1.29 is 9.28 Å². The van der Waals surface area contributed by atoms with Crippen LogP contribution in [0.15, 0.2) is 12.2 Å². The van der Waals surface area contributed by atoms with Gasteiger partial charge in [-0.1, -0.05) is 12.2 Å². The molecular formula is C9H12FNO. The average Bonchev–Trinajstić information content (AvgIpc) is 2.64. The Hall–Kier alpha value is -0.860. The van der Waals surface area contributed by atoms with Crippen molar-refractivity contribution in [3.8, 4) is 0 Å². The maximum Gasteiger partial charge on any atom is 0.247 e. The molecule has 2 aliphatic rings. The van der Waals surface area contributed by atoms with E-state index in [1.165, 1.54) is 12.0 Å². The monoisotopic (exact) mass is 169 g/mol. The third-order valence-electron chi connectivity index (χ3n) is 2.97. The quantitative estimate of drug-likeness (QED) is 0.493. The van der Waals surface area contributed by atoms with Gasteiger partial charge in [0.15, 0.2) is 0 Å². The molecule has 0 aromatic heterocycles. The lowest BCUT2D eigenvalue weighted by molar-refractivity contribution is -0.126. The second kappa shape index (κ2) is 2.88. The van der Waals surface area contributed by atoms with Crippen molar-refractivity contribution in [2.75, 3.05) is 0 Å². The van der Waals surface area contributed by atoms with E-state index in [-0.39, 0.29) is 0 Å². The van der Waals surface area contributed by atoms with Gasteiger partial charge in [-0.15, -0.1) is 4.48 Å². The highest BCUT2D eigenvalue weighted by Crippen LogP contribution is 2.44. The van der Waals surface area contributed by atoms with Crippen LogP contribution in [0, 0.1) is 17.8 Å². The lowest BCUT2D eigenvalue weighted by Gasteiger charge is -2.15. The molecule has 3 heteroatoms. The predicted octanol–water partition coefficient (Wildman–Crippen LogP) is 1.59. The van der Waals surface area contributed by atoms with Crippen LogP contribution in [0.25, 0.3) is 0 Å². The molecular weight excluding hydrogens is 157 g/mol. The first-order chi connectivity index (χ1) is 5.79. The van der Waals surface area contributed by atoms with E-state index in [9.17, 15) is 9.28 Å². The van der Waals surface area contributed by atoms with Crippen LogP contribution in [0.3, 0.4) is 0 Å². The number of carbonyl (C=O) groups excluding carboxylic acids is 1. The summed E-state index contributed by atoms with van der Waals surface area (Å²) < 4.78 is 11.7. The normalized spacial score (nSPS) is 37.2. The Morgan fingerprint density at radius 3 is 2.83 bits per heavy atom. The van der Waals surface area contributed by atoms with Gasteiger partial charge in [0.05, 0.1) is 0 Å². The predicted molar refractivity (Wildman–Crippen MR) is 42.7 cm³/mol. The van der Waals surface area contributed by atoms with Crippen molar-refractivity contribution in [2.24, 2.45) is 17.8 Å². The first-order valence-electron chi connectivity index (χ1n) is 4.37. The van der Waals surface area contributed by atoms with Crippen molar-refractivity contribution in [1.29, 1.82) is 0 Å². The Bertz CT molecular complexity index is 227. The Kier molecular flexibility index (Phi) is 1.87. The number of amides is 1. The van der Waals surface area contributed by atoms with Crippen LogP contribution < -0.4 is 5.54 Å². The fourth-order valence-corrected chi connectivity index (χ4v) is 2.41. The molecule has 0 radical (unpaired) electrons. The summed E-state index contributed by atoms with van der Waals surface area (Å²) in [5, 5.41) is 0. The van der Waals surface area contributed by atoms with Crippen LogP contribution in [0.5, 0.6) is 0 Å². The minimum Gasteiger partial charge on any atom is -0.273 e. The number of halogens is 1. The van der Waals surface area contributed by atoms with E-state index >= 15 is 0 Å². The molecule has 3 unspecified atom stereocenters. The molecule has 0 aromatic carbocycles. The second-order valence-corrected chi connectivity index (χ2v) is 3.76.